The van der Waals surface area contributed by atoms with Gasteiger partial charge in [-0.05, 0) is 42.5 Å². The smallest absolute Gasteiger partial charge is 0.338 e. The molecule has 0 N–H and O–H groups in total. The Balaban J connectivity index is 1.65. The van der Waals surface area contributed by atoms with E-state index in [2.05, 4.69) is 0 Å². The van der Waals surface area contributed by atoms with Crippen LogP contribution in [-0.4, -0.2) is 40.6 Å². The molecule has 0 bridgehead atoms. The van der Waals surface area contributed by atoms with Crippen molar-refractivity contribution in [2.45, 2.75) is 4.90 Å². The number of carbonyl (C=O) groups excluding carboxylic acids is 2. The van der Waals surface area contributed by atoms with E-state index in [1.165, 1.54) is 19.2 Å². The second-order valence-electron chi connectivity index (χ2n) is 6.59. The maximum atomic E-state index is 13.0. The molecule has 0 fully saturated rings. The molecule has 0 spiro atoms. The zero-order chi connectivity index (χ0) is 23.1. The lowest BCUT2D eigenvalue weighted by atomic mass is 10.2. The fourth-order valence-electron chi connectivity index (χ4n) is 2.76. The highest BCUT2D eigenvalue weighted by Crippen LogP contribution is 2.28. The number of ether oxygens (including phenoxy) is 2. The van der Waals surface area contributed by atoms with E-state index >= 15 is 0 Å². The van der Waals surface area contributed by atoms with Crippen molar-refractivity contribution in [3.8, 4) is 0 Å². The van der Waals surface area contributed by atoms with Crippen LogP contribution in [0.15, 0.2) is 83.8 Å². The van der Waals surface area contributed by atoms with Gasteiger partial charge in [0.15, 0.2) is 0 Å². The molecule has 3 aromatic carbocycles. The van der Waals surface area contributed by atoms with Gasteiger partial charge in [0, 0.05) is 7.05 Å². The zero-order valence-corrected chi connectivity index (χ0v) is 18.7. The van der Waals surface area contributed by atoms with Crippen molar-refractivity contribution < 1.29 is 27.5 Å². The molecule has 0 aliphatic rings. The monoisotopic (exact) mass is 473 g/mol. The van der Waals surface area contributed by atoms with E-state index in [1.807, 2.05) is 0 Å². The fourth-order valence-corrected chi connectivity index (χ4v) is 4.46. The Morgan fingerprint density at radius 1 is 0.812 bits per heavy atom. The quantitative estimate of drug-likeness (QED) is 0.360. The SMILES string of the molecule is CN(c1ccccc1)S(=O)(=O)c1cc(C(=O)OCCOC(=O)c2ccccc2)ccc1Cl. The summed E-state index contributed by atoms with van der Waals surface area (Å²) in [7, 11) is -2.63. The third-order valence-corrected chi connectivity index (χ3v) is 6.75. The van der Waals surface area contributed by atoms with Gasteiger partial charge in [-0.25, -0.2) is 18.0 Å². The van der Waals surface area contributed by atoms with Gasteiger partial charge in [-0.2, -0.15) is 0 Å². The molecule has 3 rings (SSSR count). The average molecular weight is 474 g/mol. The van der Waals surface area contributed by atoms with Crippen molar-refractivity contribution in [1.29, 1.82) is 0 Å². The fraction of sp³-hybridized carbons (Fsp3) is 0.130. The Morgan fingerprint density at radius 2 is 1.34 bits per heavy atom. The van der Waals surface area contributed by atoms with Crippen molar-refractivity contribution in [1.82, 2.24) is 0 Å². The minimum atomic E-state index is -4.02. The van der Waals surface area contributed by atoms with Gasteiger partial charge in [-0.3, -0.25) is 4.31 Å². The number of anilines is 1. The largest absolute Gasteiger partial charge is 0.458 e. The van der Waals surface area contributed by atoms with Crippen LogP contribution in [0.4, 0.5) is 5.69 Å². The topological polar surface area (TPSA) is 90.0 Å². The molecule has 0 unspecified atom stereocenters. The van der Waals surface area contributed by atoms with Crippen molar-refractivity contribution in [2.24, 2.45) is 0 Å². The van der Waals surface area contributed by atoms with E-state index in [-0.39, 0.29) is 28.7 Å². The lowest BCUT2D eigenvalue weighted by molar-refractivity contribution is 0.0265. The minimum Gasteiger partial charge on any atom is -0.458 e. The molecule has 0 heterocycles. The standard InChI is InChI=1S/C23H20ClNO6S/c1-25(19-10-6-3-7-11-19)32(28,29)21-16-18(12-13-20(21)24)23(27)31-15-14-30-22(26)17-8-4-2-5-9-17/h2-13,16H,14-15H2,1H3. The Kier molecular flexibility index (Phi) is 7.50. The summed E-state index contributed by atoms with van der Waals surface area (Å²) in [6, 6.07) is 20.7. The van der Waals surface area contributed by atoms with Crippen LogP contribution in [0.5, 0.6) is 0 Å². The molecular weight excluding hydrogens is 454 g/mol. The number of esters is 2. The second-order valence-corrected chi connectivity index (χ2v) is 8.94. The molecular formula is C23H20ClNO6S. The number of nitrogens with zero attached hydrogens (tertiary/aromatic N) is 1. The lowest BCUT2D eigenvalue weighted by Gasteiger charge is -2.20. The summed E-state index contributed by atoms with van der Waals surface area (Å²) in [5.41, 5.74) is 0.828. The number of para-hydroxylation sites is 1. The number of rotatable bonds is 8. The van der Waals surface area contributed by atoms with Gasteiger partial charge in [0.25, 0.3) is 10.0 Å². The summed E-state index contributed by atoms with van der Waals surface area (Å²) in [5.74, 6) is -1.30. The van der Waals surface area contributed by atoms with Gasteiger partial charge < -0.3 is 9.47 Å². The van der Waals surface area contributed by atoms with Crippen molar-refractivity contribution >= 4 is 39.3 Å². The van der Waals surface area contributed by atoms with Crippen molar-refractivity contribution in [2.75, 3.05) is 24.6 Å². The van der Waals surface area contributed by atoms with Gasteiger partial charge >= 0.3 is 11.9 Å². The van der Waals surface area contributed by atoms with Crippen molar-refractivity contribution in [3.05, 3.63) is 95.0 Å². The molecule has 0 aliphatic carbocycles. The molecule has 0 aliphatic heterocycles. The Hall–Kier alpha value is -3.36. The van der Waals surface area contributed by atoms with Crippen LogP contribution >= 0.6 is 11.6 Å². The molecule has 32 heavy (non-hydrogen) atoms. The maximum Gasteiger partial charge on any atom is 0.338 e. The van der Waals surface area contributed by atoms with Gasteiger partial charge in [0.1, 0.15) is 18.1 Å². The molecule has 3 aromatic rings. The van der Waals surface area contributed by atoms with Crippen LogP contribution in [0.3, 0.4) is 0 Å². The van der Waals surface area contributed by atoms with Gasteiger partial charge in [0.05, 0.1) is 21.8 Å². The highest BCUT2D eigenvalue weighted by Gasteiger charge is 2.25. The normalized spacial score (nSPS) is 10.9. The first-order chi connectivity index (χ1) is 15.3. The summed E-state index contributed by atoms with van der Waals surface area (Å²) in [4.78, 5) is 24.0. The summed E-state index contributed by atoms with van der Waals surface area (Å²) < 4.78 is 37.3. The van der Waals surface area contributed by atoms with Gasteiger partial charge in [0.2, 0.25) is 0 Å². The second kappa shape index (κ2) is 10.3. The van der Waals surface area contributed by atoms with E-state index in [9.17, 15) is 18.0 Å². The number of hydrogen-bond donors (Lipinski definition) is 0. The lowest BCUT2D eigenvalue weighted by Crippen LogP contribution is -2.27. The number of sulfonamides is 1. The van der Waals surface area contributed by atoms with Crippen molar-refractivity contribution in [3.63, 3.8) is 0 Å². The molecule has 0 saturated heterocycles. The molecule has 0 amide bonds. The number of hydrogen-bond acceptors (Lipinski definition) is 6. The molecule has 0 aromatic heterocycles. The van der Waals surface area contributed by atoms with Crippen LogP contribution in [-0.2, 0) is 19.5 Å². The molecule has 0 radical (unpaired) electrons. The average Bonchev–Trinajstić information content (AvgIpc) is 2.82. The Bertz CT molecular complexity index is 1200. The summed E-state index contributed by atoms with van der Waals surface area (Å²) in [6.07, 6.45) is 0. The van der Waals surface area contributed by atoms with Gasteiger partial charge in [-0.15, -0.1) is 0 Å². The first-order valence-corrected chi connectivity index (χ1v) is 11.4. The molecule has 0 saturated carbocycles. The van der Waals surface area contributed by atoms with Crippen LogP contribution in [0.1, 0.15) is 20.7 Å². The van der Waals surface area contributed by atoms with Crippen LogP contribution in [0.25, 0.3) is 0 Å². The highest BCUT2D eigenvalue weighted by molar-refractivity contribution is 7.93. The predicted octanol–water partition coefficient (Wildman–Crippen LogP) is 4.18. The van der Waals surface area contributed by atoms with Gasteiger partial charge in [-0.1, -0.05) is 48.0 Å². The summed E-state index contributed by atoms with van der Waals surface area (Å²) >= 11 is 6.12. The van der Waals surface area contributed by atoms with E-state index in [1.54, 1.807) is 60.7 Å². The molecule has 0 atom stereocenters. The first-order valence-electron chi connectivity index (χ1n) is 9.53. The first kappa shape index (κ1) is 23.3. The summed E-state index contributed by atoms with van der Waals surface area (Å²) in [5, 5.41) is -0.0267. The predicted molar refractivity (Wildman–Crippen MR) is 120 cm³/mol. The highest BCUT2D eigenvalue weighted by atomic mass is 35.5. The molecule has 9 heteroatoms. The van der Waals surface area contributed by atoms with E-state index in [0.29, 0.717) is 11.3 Å². The Morgan fingerprint density at radius 3 is 1.94 bits per heavy atom. The van der Waals surface area contributed by atoms with Crippen LogP contribution in [0.2, 0.25) is 5.02 Å². The van der Waals surface area contributed by atoms with E-state index in [4.69, 9.17) is 21.1 Å². The van der Waals surface area contributed by atoms with Crippen LogP contribution < -0.4 is 4.31 Å². The molecule has 166 valence electrons. The van der Waals surface area contributed by atoms with E-state index < -0.39 is 22.0 Å². The Labute approximate surface area is 191 Å². The third kappa shape index (κ3) is 5.46. The molecule has 7 nitrogen and oxygen atoms in total. The number of halogens is 1. The van der Waals surface area contributed by atoms with Crippen LogP contribution in [0, 0.1) is 0 Å². The van der Waals surface area contributed by atoms with E-state index in [0.717, 1.165) is 10.4 Å². The number of benzene rings is 3. The maximum absolute atomic E-state index is 13.0. The minimum absolute atomic E-state index is 0.00354. The zero-order valence-electron chi connectivity index (χ0n) is 17.1. The third-order valence-electron chi connectivity index (χ3n) is 4.48. The number of carbonyl (C=O) groups is 2. The summed E-state index contributed by atoms with van der Waals surface area (Å²) in [6.45, 7) is -0.332.